The lowest BCUT2D eigenvalue weighted by atomic mass is 10.3. The molecule has 0 aliphatic carbocycles. The maximum absolute atomic E-state index is 10.7. The Morgan fingerprint density at radius 3 is 3.15 bits per heavy atom. The number of carbonyl (C=O) groups is 1. The van der Waals surface area contributed by atoms with E-state index in [0.717, 1.165) is 36.3 Å². The highest BCUT2D eigenvalue weighted by molar-refractivity contribution is 6.16. The van der Waals surface area contributed by atoms with E-state index in [4.69, 9.17) is 4.74 Å². The Morgan fingerprint density at radius 1 is 1.77 bits per heavy atom. The topological polar surface area (TPSA) is 29.5 Å². The van der Waals surface area contributed by atoms with Crippen LogP contribution in [0.15, 0.2) is 11.8 Å². The van der Waals surface area contributed by atoms with Gasteiger partial charge in [-0.25, -0.2) is 0 Å². The van der Waals surface area contributed by atoms with E-state index in [0.29, 0.717) is 0 Å². The zero-order valence-corrected chi connectivity index (χ0v) is 10.3. The van der Waals surface area contributed by atoms with Crippen molar-refractivity contribution in [3.05, 3.63) is 11.8 Å². The van der Waals surface area contributed by atoms with Crippen molar-refractivity contribution in [1.82, 2.24) is 4.90 Å². The van der Waals surface area contributed by atoms with E-state index in [-0.39, 0.29) is 12.1 Å². The summed E-state index contributed by atoms with van der Waals surface area (Å²) in [6.45, 7) is 4.41. The minimum atomic E-state index is -0.162. The Kier molecular flexibility index (Phi) is 4.18. The number of nitrogens with zero attached hydrogens (tertiary/aromatic N) is 1. The summed E-state index contributed by atoms with van der Waals surface area (Å²) in [6, 6.07) is 0. The lowest BCUT2D eigenvalue weighted by Crippen LogP contribution is -2.24. The maximum Gasteiger partial charge on any atom is 0.302 e. The van der Waals surface area contributed by atoms with Gasteiger partial charge in [-0.2, -0.15) is 0 Å². The third-order valence-electron chi connectivity index (χ3n) is 2.16. The van der Waals surface area contributed by atoms with Crippen molar-refractivity contribution >= 4 is 16.2 Å². The molecule has 1 aliphatic rings. The molecule has 74 valence electrons. The van der Waals surface area contributed by atoms with Gasteiger partial charge >= 0.3 is 5.97 Å². The predicted molar refractivity (Wildman–Crippen MR) is 55.7 cm³/mol. The maximum atomic E-state index is 10.7. The molecule has 1 saturated heterocycles. The van der Waals surface area contributed by atoms with Gasteiger partial charge < -0.3 is 4.74 Å². The Labute approximate surface area is 82.2 Å². The van der Waals surface area contributed by atoms with Gasteiger partial charge in [0.25, 0.3) is 0 Å². The van der Waals surface area contributed by atoms with Crippen molar-refractivity contribution in [2.75, 3.05) is 19.6 Å². The zero-order valence-electron chi connectivity index (χ0n) is 8.32. The molecule has 1 fully saturated rings. The summed E-state index contributed by atoms with van der Waals surface area (Å²) >= 11 is 0. The Bertz CT molecular complexity index is 206. The zero-order chi connectivity index (χ0) is 9.68. The minimum Gasteiger partial charge on any atom is -0.461 e. The molecule has 0 amide bonds. The monoisotopic (exact) mass is 199 g/mol. The molecule has 0 aromatic carbocycles. The summed E-state index contributed by atoms with van der Waals surface area (Å²) in [4.78, 5) is 13.0. The van der Waals surface area contributed by atoms with E-state index in [1.54, 1.807) is 0 Å². The smallest absolute Gasteiger partial charge is 0.302 e. The molecule has 3 nitrogen and oxygen atoms in total. The largest absolute Gasteiger partial charge is 0.461 e. The first-order valence-electron chi connectivity index (χ1n) is 4.73. The van der Waals surface area contributed by atoms with Crippen LogP contribution in [0.3, 0.4) is 0 Å². The van der Waals surface area contributed by atoms with E-state index in [1.165, 1.54) is 6.92 Å². The van der Waals surface area contributed by atoms with Crippen molar-refractivity contribution in [2.45, 2.75) is 19.4 Å². The van der Waals surface area contributed by atoms with Crippen LogP contribution < -0.4 is 0 Å². The van der Waals surface area contributed by atoms with Crippen LogP contribution in [0.25, 0.3) is 0 Å². The van der Waals surface area contributed by atoms with Gasteiger partial charge in [-0.15, -0.1) is 5.70 Å². The number of carbonyl (C=O) groups excluding carboxylic acids is 1. The predicted octanol–water partition coefficient (Wildman–Crippen LogP) is -0.497. The normalized spacial score (nSPS) is 24.2. The van der Waals surface area contributed by atoms with Crippen LogP contribution >= 0.6 is 0 Å². The van der Waals surface area contributed by atoms with Gasteiger partial charge in [0.05, 0.1) is 0 Å². The van der Waals surface area contributed by atoms with E-state index in [1.807, 2.05) is 0 Å². The average Bonchev–Trinajstić information content (AvgIpc) is 2.48. The Morgan fingerprint density at radius 2 is 2.54 bits per heavy atom. The number of esters is 1. The fourth-order valence-electron chi connectivity index (χ4n) is 1.55. The highest BCUT2D eigenvalue weighted by atomic mass is 28.1. The van der Waals surface area contributed by atoms with Gasteiger partial charge in [-0.1, -0.05) is 6.08 Å². The number of hydrogen-bond donors (Lipinski definition) is 0. The molecule has 0 radical (unpaired) electrons. The molecule has 1 unspecified atom stereocenters. The van der Waals surface area contributed by atoms with Gasteiger partial charge in [-0.3, -0.25) is 9.69 Å². The van der Waals surface area contributed by atoms with Crippen molar-refractivity contribution < 1.29 is 9.53 Å². The van der Waals surface area contributed by atoms with Gasteiger partial charge in [-0.05, 0) is 6.42 Å². The lowest BCUT2D eigenvalue weighted by molar-refractivity contribution is -0.145. The van der Waals surface area contributed by atoms with E-state index < -0.39 is 0 Å². The van der Waals surface area contributed by atoms with E-state index in [2.05, 4.69) is 16.7 Å². The SMILES string of the molecule is CC(=O)OC1CCN(CC=C[SiH3])C1. The summed E-state index contributed by atoms with van der Waals surface area (Å²) in [7, 11) is 1.12. The highest BCUT2D eigenvalue weighted by Gasteiger charge is 2.23. The van der Waals surface area contributed by atoms with E-state index in [9.17, 15) is 4.79 Å². The minimum absolute atomic E-state index is 0.125. The summed E-state index contributed by atoms with van der Waals surface area (Å²) < 4.78 is 5.13. The van der Waals surface area contributed by atoms with Crippen molar-refractivity contribution in [1.29, 1.82) is 0 Å². The molecule has 13 heavy (non-hydrogen) atoms. The molecule has 1 atom stereocenters. The van der Waals surface area contributed by atoms with Crippen LogP contribution in [0.5, 0.6) is 0 Å². The number of rotatable bonds is 3. The third-order valence-corrected chi connectivity index (χ3v) is 2.63. The third kappa shape index (κ3) is 3.74. The lowest BCUT2D eigenvalue weighted by Gasteiger charge is -2.13. The quantitative estimate of drug-likeness (QED) is 0.453. The first-order valence-corrected chi connectivity index (χ1v) is 5.88. The number of hydrogen-bond acceptors (Lipinski definition) is 3. The fourth-order valence-corrected chi connectivity index (χ4v) is 1.76. The molecule has 1 heterocycles. The first-order chi connectivity index (χ1) is 6.22. The number of likely N-dealkylation sites (tertiary alicyclic amines) is 1. The van der Waals surface area contributed by atoms with Crippen molar-refractivity contribution in [3.8, 4) is 0 Å². The van der Waals surface area contributed by atoms with Crippen molar-refractivity contribution in [2.24, 2.45) is 0 Å². The van der Waals surface area contributed by atoms with Crippen LogP contribution in [0.4, 0.5) is 0 Å². The molecular formula is C9H17NO2Si. The molecule has 4 heteroatoms. The molecule has 0 spiro atoms. The van der Waals surface area contributed by atoms with Gasteiger partial charge in [0.1, 0.15) is 6.10 Å². The summed E-state index contributed by atoms with van der Waals surface area (Å²) in [5, 5.41) is 0. The summed E-state index contributed by atoms with van der Waals surface area (Å²) in [5.74, 6) is -0.162. The molecule has 0 bridgehead atoms. The molecule has 0 aromatic rings. The van der Waals surface area contributed by atoms with Crippen LogP contribution in [0, 0.1) is 0 Å². The van der Waals surface area contributed by atoms with Gasteiger partial charge in [0.15, 0.2) is 0 Å². The average molecular weight is 199 g/mol. The first kappa shape index (κ1) is 10.5. The Hall–Kier alpha value is -0.613. The van der Waals surface area contributed by atoms with Gasteiger partial charge in [0.2, 0.25) is 0 Å². The number of ether oxygens (including phenoxy) is 1. The van der Waals surface area contributed by atoms with Crippen molar-refractivity contribution in [3.63, 3.8) is 0 Å². The molecular weight excluding hydrogens is 182 g/mol. The standard InChI is InChI=1S/C9H17NO2Si/c1-8(11)12-9-3-5-10(7-9)4-2-6-13/h2,6,9H,3-5,7H2,1,13H3. The highest BCUT2D eigenvalue weighted by Crippen LogP contribution is 2.12. The van der Waals surface area contributed by atoms with Crippen LogP contribution in [0.1, 0.15) is 13.3 Å². The second-order valence-electron chi connectivity index (χ2n) is 3.35. The van der Waals surface area contributed by atoms with Crippen LogP contribution in [-0.4, -0.2) is 46.8 Å². The van der Waals surface area contributed by atoms with Gasteiger partial charge in [0, 0.05) is 36.8 Å². The van der Waals surface area contributed by atoms with Crippen LogP contribution in [-0.2, 0) is 9.53 Å². The molecule has 1 aliphatic heterocycles. The van der Waals surface area contributed by atoms with Crippen LogP contribution in [0.2, 0.25) is 0 Å². The second kappa shape index (κ2) is 5.19. The fraction of sp³-hybridized carbons (Fsp3) is 0.667. The summed E-state index contributed by atoms with van der Waals surface area (Å²) in [5.41, 5.74) is 2.18. The Balaban J connectivity index is 2.23. The molecule has 0 aromatic heterocycles. The second-order valence-corrected chi connectivity index (χ2v) is 4.02. The summed E-state index contributed by atoms with van der Waals surface area (Å²) in [6.07, 6.45) is 3.29. The molecule has 1 rings (SSSR count). The molecule has 0 saturated carbocycles. The molecule has 0 N–H and O–H groups in total. The van der Waals surface area contributed by atoms with E-state index >= 15 is 0 Å².